The van der Waals surface area contributed by atoms with Crippen LogP contribution in [0, 0.1) is 0 Å². The van der Waals surface area contributed by atoms with Crippen molar-refractivity contribution < 1.29 is 5.11 Å². The van der Waals surface area contributed by atoms with Crippen molar-refractivity contribution in [2.75, 3.05) is 12.3 Å². The van der Waals surface area contributed by atoms with Gasteiger partial charge in [-0.3, -0.25) is 4.68 Å². The number of hydrogen-bond donors (Lipinski definition) is 3. The van der Waals surface area contributed by atoms with Crippen molar-refractivity contribution in [3.05, 3.63) is 24.7 Å². The zero-order chi connectivity index (χ0) is 12.5. The highest BCUT2D eigenvalue weighted by molar-refractivity contribution is 5.82. The van der Waals surface area contributed by atoms with Crippen LogP contribution in [0.2, 0.25) is 0 Å². The molecule has 0 saturated heterocycles. The molecule has 0 radical (unpaired) electrons. The number of nitrogens with one attached hydrogen (secondary N) is 1. The number of aliphatic hydroxyl groups excluding tert-OH is 1. The Morgan fingerprint density at radius 1 is 1.39 bits per heavy atom. The molecule has 0 aliphatic carbocycles. The highest BCUT2D eigenvalue weighted by Crippen LogP contribution is 2.22. The van der Waals surface area contributed by atoms with Crippen LogP contribution in [0.4, 0.5) is 5.95 Å². The van der Waals surface area contributed by atoms with Crippen LogP contribution in [-0.4, -0.2) is 36.4 Å². The fraction of sp³-hybridized carbons (Fsp3) is 0.182. The predicted octanol–water partition coefficient (Wildman–Crippen LogP) is 0.396. The third-order valence-corrected chi connectivity index (χ3v) is 2.66. The number of fused-ring (bicyclic) bond motifs is 1. The van der Waals surface area contributed by atoms with Gasteiger partial charge < -0.3 is 15.8 Å². The lowest BCUT2D eigenvalue weighted by molar-refractivity contribution is 0.269. The van der Waals surface area contributed by atoms with Crippen LogP contribution in [0.3, 0.4) is 0 Å². The number of aromatic amines is 1. The number of nitrogens with two attached hydrogens (primary N) is 1. The third-order valence-electron chi connectivity index (χ3n) is 2.66. The predicted molar refractivity (Wildman–Crippen MR) is 66.6 cm³/mol. The number of H-pyrrole nitrogens is 1. The van der Waals surface area contributed by atoms with Gasteiger partial charge in [0.05, 0.1) is 25.0 Å². The first-order chi connectivity index (χ1) is 8.76. The number of rotatable bonds is 3. The van der Waals surface area contributed by atoms with Crippen molar-refractivity contribution in [3.63, 3.8) is 0 Å². The molecule has 0 atom stereocenters. The molecule has 0 saturated carbocycles. The summed E-state index contributed by atoms with van der Waals surface area (Å²) in [4.78, 5) is 11.2. The van der Waals surface area contributed by atoms with Crippen LogP contribution < -0.4 is 5.73 Å². The van der Waals surface area contributed by atoms with E-state index in [1.54, 1.807) is 17.1 Å². The molecule has 7 nitrogen and oxygen atoms in total. The van der Waals surface area contributed by atoms with E-state index in [4.69, 9.17) is 10.8 Å². The first-order valence-electron chi connectivity index (χ1n) is 5.51. The van der Waals surface area contributed by atoms with Crippen molar-refractivity contribution in [1.29, 1.82) is 0 Å². The van der Waals surface area contributed by atoms with E-state index < -0.39 is 0 Å². The van der Waals surface area contributed by atoms with Crippen LogP contribution in [-0.2, 0) is 6.54 Å². The van der Waals surface area contributed by atoms with E-state index in [0.717, 1.165) is 16.6 Å². The minimum atomic E-state index is 0.0653. The minimum Gasteiger partial charge on any atom is -0.394 e. The van der Waals surface area contributed by atoms with Gasteiger partial charge in [0.1, 0.15) is 5.65 Å². The smallest absolute Gasteiger partial charge is 0.221 e. The van der Waals surface area contributed by atoms with Crippen molar-refractivity contribution >= 4 is 17.0 Å². The Labute approximate surface area is 102 Å². The minimum absolute atomic E-state index is 0.0653. The zero-order valence-electron chi connectivity index (χ0n) is 9.54. The average Bonchev–Trinajstić information content (AvgIpc) is 2.94. The molecule has 18 heavy (non-hydrogen) atoms. The van der Waals surface area contributed by atoms with Gasteiger partial charge in [-0.15, -0.1) is 0 Å². The molecule has 3 rings (SSSR count). The van der Waals surface area contributed by atoms with Crippen LogP contribution in [0.25, 0.3) is 22.3 Å². The second kappa shape index (κ2) is 4.11. The van der Waals surface area contributed by atoms with Gasteiger partial charge in [-0.25, -0.2) is 4.98 Å². The van der Waals surface area contributed by atoms with Gasteiger partial charge in [-0.2, -0.15) is 10.1 Å². The molecular formula is C11H12N6O. The molecule has 0 amide bonds. The summed E-state index contributed by atoms with van der Waals surface area (Å²) in [6.07, 6.45) is 5.27. The van der Waals surface area contributed by atoms with Crippen molar-refractivity contribution in [1.82, 2.24) is 24.7 Å². The standard InChI is InChI=1S/C11H12N6O/c12-11-13-4-7-3-9(15-10(7)16-11)8-5-14-17(6-8)1-2-18/h3-6,18H,1-2H2,(H3,12,13,15,16). The van der Waals surface area contributed by atoms with E-state index in [9.17, 15) is 0 Å². The second-order valence-corrected chi connectivity index (χ2v) is 3.93. The van der Waals surface area contributed by atoms with Crippen molar-refractivity contribution in [3.8, 4) is 11.3 Å². The normalized spacial score (nSPS) is 11.2. The van der Waals surface area contributed by atoms with E-state index >= 15 is 0 Å². The number of anilines is 1. The molecule has 3 aromatic rings. The van der Waals surface area contributed by atoms with Crippen LogP contribution in [0.15, 0.2) is 24.7 Å². The summed E-state index contributed by atoms with van der Waals surface area (Å²) in [6.45, 7) is 0.544. The summed E-state index contributed by atoms with van der Waals surface area (Å²) in [5.74, 6) is 0.242. The number of nitrogens with zero attached hydrogens (tertiary/aromatic N) is 4. The highest BCUT2D eigenvalue weighted by Gasteiger charge is 2.07. The van der Waals surface area contributed by atoms with Gasteiger partial charge in [0, 0.05) is 23.3 Å². The molecule has 0 fully saturated rings. The Morgan fingerprint density at radius 2 is 2.28 bits per heavy atom. The molecule has 4 N–H and O–H groups in total. The Kier molecular flexibility index (Phi) is 2.45. The quantitative estimate of drug-likeness (QED) is 0.618. The summed E-state index contributed by atoms with van der Waals surface area (Å²) in [5, 5.41) is 13.9. The van der Waals surface area contributed by atoms with Crippen LogP contribution in [0.5, 0.6) is 0 Å². The fourth-order valence-electron chi connectivity index (χ4n) is 1.81. The lowest BCUT2D eigenvalue weighted by Crippen LogP contribution is -2.01. The summed E-state index contributed by atoms with van der Waals surface area (Å²) in [6, 6.07) is 1.94. The van der Waals surface area contributed by atoms with Crippen molar-refractivity contribution in [2.45, 2.75) is 6.54 Å². The van der Waals surface area contributed by atoms with Crippen LogP contribution >= 0.6 is 0 Å². The van der Waals surface area contributed by atoms with E-state index in [1.807, 2.05) is 12.3 Å². The number of nitrogen functional groups attached to an aromatic ring is 1. The maximum absolute atomic E-state index is 8.84. The SMILES string of the molecule is Nc1ncc2cc(-c3cnn(CCO)c3)[nH]c2n1. The van der Waals surface area contributed by atoms with Gasteiger partial charge >= 0.3 is 0 Å². The number of aliphatic hydroxyl groups is 1. The van der Waals surface area contributed by atoms with E-state index in [1.165, 1.54) is 0 Å². The van der Waals surface area contributed by atoms with Crippen LogP contribution in [0.1, 0.15) is 0 Å². The summed E-state index contributed by atoms with van der Waals surface area (Å²) in [5.41, 5.74) is 8.06. The van der Waals surface area contributed by atoms with Gasteiger partial charge in [0.25, 0.3) is 0 Å². The fourth-order valence-corrected chi connectivity index (χ4v) is 1.81. The molecule has 0 aromatic carbocycles. The van der Waals surface area contributed by atoms with Gasteiger partial charge in [0.2, 0.25) is 5.95 Å². The lowest BCUT2D eigenvalue weighted by atomic mass is 10.2. The van der Waals surface area contributed by atoms with Gasteiger partial charge in [0.15, 0.2) is 0 Å². The number of hydrogen-bond acceptors (Lipinski definition) is 5. The Bertz CT molecular complexity index is 686. The van der Waals surface area contributed by atoms with Gasteiger partial charge in [-0.05, 0) is 6.07 Å². The second-order valence-electron chi connectivity index (χ2n) is 3.93. The third kappa shape index (κ3) is 1.80. The molecule has 0 unspecified atom stereocenters. The first kappa shape index (κ1) is 10.7. The molecule has 0 aliphatic heterocycles. The molecule has 0 aliphatic rings. The number of aromatic nitrogens is 5. The molecule has 92 valence electrons. The van der Waals surface area contributed by atoms with E-state index in [2.05, 4.69) is 20.1 Å². The topological polar surface area (TPSA) is 106 Å². The maximum atomic E-state index is 8.84. The highest BCUT2D eigenvalue weighted by atomic mass is 16.3. The molecule has 7 heteroatoms. The zero-order valence-corrected chi connectivity index (χ0v) is 9.54. The average molecular weight is 244 g/mol. The monoisotopic (exact) mass is 244 g/mol. The van der Waals surface area contributed by atoms with E-state index in [-0.39, 0.29) is 12.6 Å². The Morgan fingerprint density at radius 3 is 3.11 bits per heavy atom. The Hall–Kier alpha value is -2.41. The molecular weight excluding hydrogens is 232 g/mol. The van der Waals surface area contributed by atoms with Gasteiger partial charge in [-0.1, -0.05) is 0 Å². The molecule has 0 spiro atoms. The first-order valence-corrected chi connectivity index (χ1v) is 5.51. The molecule has 3 heterocycles. The lowest BCUT2D eigenvalue weighted by Gasteiger charge is -1.94. The van der Waals surface area contributed by atoms with Crippen molar-refractivity contribution in [2.24, 2.45) is 0 Å². The Balaban J connectivity index is 2.02. The summed E-state index contributed by atoms with van der Waals surface area (Å²) >= 11 is 0. The largest absolute Gasteiger partial charge is 0.394 e. The molecule has 3 aromatic heterocycles. The molecule has 0 bridgehead atoms. The maximum Gasteiger partial charge on any atom is 0.221 e. The summed E-state index contributed by atoms with van der Waals surface area (Å²) in [7, 11) is 0. The van der Waals surface area contributed by atoms with E-state index in [0.29, 0.717) is 12.2 Å². The summed E-state index contributed by atoms with van der Waals surface area (Å²) < 4.78 is 1.68.